The minimum Gasteiger partial charge on any atom is -0.451 e. The zero-order chi connectivity index (χ0) is 16.1. The van der Waals surface area contributed by atoms with E-state index in [1.54, 1.807) is 0 Å². The first-order valence-electron chi connectivity index (χ1n) is 6.24. The molecule has 1 amide bonds. The molecule has 1 aromatic heterocycles. The number of carbonyl (C=O) groups is 2. The Morgan fingerprint density at radius 2 is 2.23 bits per heavy atom. The third-order valence-electron chi connectivity index (χ3n) is 2.61. The van der Waals surface area contributed by atoms with Crippen LogP contribution in [0.5, 0.6) is 0 Å². The maximum absolute atomic E-state index is 13.0. The van der Waals surface area contributed by atoms with E-state index in [2.05, 4.69) is 14.9 Å². The van der Waals surface area contributed by atoms with E-state index >= 15 is 0 Å². The van der Waals surface area contributed by atoms with E-state index in [0.29, 0.717) is 17.8 Å². The Balaban J connectivity index is 1.90. The summed E-state index contributed by atoms with van der Waals surface area (Å²) in [5.74, 6) is -1.80. The van der Waals surface area contributed by atoms with Crippen molar-refractivity contribution in [1.82, 2.24) is 9.59 Å². The quantitative estimate of drug-likeness (QED) is 0.844. The summed E-state index contributed by atoms with van der Waals surface area (Å²) in [6, 6.07) is 3.74. The molecule has 0 bridgehead atoms. The van der Waals surface area contributed by atoms with Gasteiger partial charge in [-0.05, 0) is 36.2 Å². The average Bonchev–Trinajstić information content (AvgIpc) is 2.97. The van der Waals surface area contributed by atoms with Crippen molar-refractivity contribution in [2.75, 3.05) is 11.9 Å². The molecule has 0 unspecified atom stereocenters. The number of rotatable bonds is 5. The van der Waals surface area contributed by atoms with Crippen molar-refractivity contribution in [1.29, 1.82) is 0 Å². The van der Waals surface area contributed by atoms with E-state index in [9.17, 15) is 14.0 Å². The lowest BCUT2D eigenvalue weighted by molar-refractivity contribution is -0.119. The lowest BCUT2D eigenvalue weighted by Crippen LogP contribution is -2.21. The molecule has 0 aliphatic rings. The standard InChI is InChI=1S/C13H11ClFN3O3S/c1-2-10-12(22-18-17-10)13(20)21-6-11(19)16-7-3-4-9(15)8(14)5-7/h3-5H,2,6H2,1H3,(H,16,19). The van der Waals surface area contributed by atoms with Crippen molar-refractivity contribution < 1.29 is 18.7 Å². The largest absolute Gasteiger partial charge is 0.451 e. The van der Waals surface area contributed by atoms with Gasteiger partial charge in [-0.25, -0.2) is 9.18 Å². The SMILES string of the molecule is CCc1nnsc1C(=O)OCC(=O)Nc1ccc(F)c(Cl)c1. The first-order chi connectivity index (χ1) is 10.5. The third kappa shape index (κ3) is 3.99. The fraction of sp³-hybridized carbons (Fsp3) is 0.231. The van der Waals surface area contributed by atoms with Gasteiger partial charge in [-0.3, -0.25) is 4.79 Å². The maximum Gasteiger partial charge on any atom is 0.352 e. The van der Waals surface area contributed by atoms with Gasteiger partial charge in [-0.2, -0.15) is 0 Å². The molecule has 1 N–H and O–H groups in total. The number of benzene rings is 1. The summed E-state index contributed by atoms with van der Waals surface area (Å²) < 4.78 is 21.6. The number of ether oxygens (including phenoxy) is 1. The first kappa shape index (κ1) is 16.3. The number of amides is 1. The summed E-state index contributed by atoms with van der Waals surface area (Å²) in [5.41, 5.74) is 0.835. The molecule has 6 nitrogen and oxygen atoms in total. The van der Waals surface area contributed by atoms with Crippen LogP contribution in [0.2, 0.25) is 5.02 Å². The van der Waals surface area contributed by atoms with Crippen LogP contribution >= 0.6 is 23.1 Å². The zero-order valence-electron chi connectivity index (χ0n) is 11.4. The van der Waals surface area contributed by atoms with Crippen LogP contribution in [0.25, 0.3) is 0 Å². The van der Waals surface area contributed by atoms with Gasteiger partial charge in [0.05, 0.1) is 10.7 Å². The average molecular weight is 344 g/mol. The smallest absolute Gasteiger partial charge is 0.352 e. The molecule has 0 saturated carbocycles. The van der Waals surface area contributed by atoms with E-state index in [4.69, 9.17) is 16.3 Å². The van der Waals surface area contributed by atoms with Crippen LogP contribution in [-0.2, 0) is 16.0 Å². The fourth-order valence-corrected chi connectivity index (χ4v) is 2.39. The summed E-state index contributed by atoms with van der Waals surface area (Å²) in [5, 5.41) is 6.12. The predicted molar refractivity (Wildman–Crippen MR) is 79.6 cm³/mol. The van der Waals surface area contributed by atoms with Crippen LogP contribution in [0.1, 0.15) is 22.3 Å². The minimum absolute atomic E-state index is 0.113. The van der Waals surface area contributed by atoms with Gasteiger partial charge in [0, 0.05) is 5.69 Å². The van der Waals surface area contributed by atoms with Gasteiger partial charge in [0.2, 0.25) is 0 Å². The number of nitrogens with one attached hydrogen (secondary N) is 1. The Morgan fingerprint density at radius 1 is 1.45 bits per heavy atom. The molecular weight excluding hydrogens is 333 g/mol. The highest BCUT2D eigenvalue weighted by atomic mass is 35.5. The highest BCUT2D eigenvalue weighted by Crippen LogP contribution is 2.19. The number of hydrogen-bond donors (Lipinski definition) is 1. The second-order valence-electron chi connectivity index (χ2n) is 4.16. The van der Waals surface area contributed by atoms with Crippen molar-refractivity contribution in [3.8, 4) is 0 Å². The Morgan fingerprint density at radius 3 is 2.91 bits per heavy atom. The zero-order valence-corrected chi connectivity index (χ0v) is 13.0. The maximum atomic E-state index is 13.0. The molecule has 0 radical (unpaired) electrons. The molecule has 22 heavy (non-hydrogen) atoms. The monoisotopic (exact) mass is 343 g/mol. The number of aromatic nitrogens is 2. The summed E-state index contributed by atoms with van der Waals surface area (Å²) in [6.07, 6.45) is 0.543. The molecule has 0 spiro atoms. The molecule has 0 fully saturated rings. The van der Waals surface area contributed by atoms with Crippen LogP contribution in [0.15, 0.2) is 18.2 Å². The van der Waals surface area contributed by atoms with Crippen LogP contribution in [0.4, 0.5) is 10.1 Å². The van der Waals surface area contributed by atoms with Crippen LogP contribution < -0.4 is 5.32 Å². The number of esters is 1. The minimum atomic E-state index is -0.654. The van der Waals surface area contributed by atoms with Crippen molar-refractivity contribution in [3.63, 3.8) is 0 Å². The highest BCUT2D eigenvalue weighted by molar-refractivity contribution is 7.07. The molecule has 2 aromatic rings. The molecule has 0 saturated heterocycles. The van der Waals surface area contributed by atoms with Crippen LogP contribution in [0, 0.1) is 5.82 Å². The topological polar surface area (TPSA) is 81.2 Å². The summed E-state index contributed by atoms with van der Waals surface area (Å²) in [4.78, 5) is 23.8. The van der Waals surface area contributed by atoms with Crippen LogP contribution in [-0.4, -0.2) is 28.1 Å². The van der Waals surface area contributed by atoms with Gasteiger partial charge < -0.3 is 10.1 Å². The van der Waals surface area contributed by atoms with E-state index in [1.807, 2.05) is 6.92 Å². The van der Waals surface area contributed by atoms with Crippen molar-refractivity contribution >= 4 is 40.7 Å². The Bertz CT molecular complexity index is 708. The van der Waals surface area contributed by atoms with Gasteiger partial charge >= 0.3 is 5.97 Å². The molecule has 0 atom stereocenters. The molecule has 0 aliphatic carbocycles. The molecular formula is C13H11ClFN3O3S. The molecule has 0 aliphatic heterocycles. The van der Waals surface area contributed by atoms with Crippen LogP contribution in [0.3, 0.4) is 0 Å². The van der Waals surface area contributed by atoms with E-state index in [0.717, 1.165) is 17.6 Å². The van der Waals surface area contributed by atoms with E-state index in [1.165, 1.54) is 12.1 Å². The second kappa shape index (κ2) is 7.28. The van der Waals surface area contributed by atoms with Gasteiger partial charge in [-0.15, -0.1) is 5.10 Å². The van der Waals surface area contributed by atoms with Crippen molar-refractivity contribution in [2.24, 2.45) is 0 Å². The number of nitrogens with zero attached hydrogens (tertiary/aromatic N) is 2. The van der Waals surface area contributed by atoms with Gasteiger partial charge in [0.25, 0.3) is 5.91 Å². The Labute approximate surface area is 134 Å². The Hall–Kier alpha value is -2.06. The number of hydrogen-bond acceptors (Lipinski definition) is 6. The normalized spacial score (nSPS) is 10.3. The predicted octanol–water partition coefficient (Wildman–Crippen LogP) is 2.69. The number of halogens is 2. The second-order valence-corrected chi connectivity index (χ2v) is 5.32. The third-order valence-corrected chi connectivity index (χ3v) is 3.65. The molecule has 9 heteroatoms. The summed E-state index contributed by atoms with van der Waals surface area (Å²) >= 11 is 6.52. The van der Waals surface area contributed by atoms with Crippen molar-refractivity contribution in [3.05, 3.63) is 39.6 Å². The number of aryl methyl sites for hydroxylation is 1. The van der Waals surface area contributed by atoms with Gasteiger partial charge in [-0.1, -0.05) is 23.0 Å². The molecule has 2 rings (SSSR count). The molecule has 1 aromatic carbocycles. The lowest BCUT2D eigenvalue weighted by Gasteiger charge is -2.06. The number of anilines is 1. The fourth-order valence-electron chi connectivity index (χ4n) is 1.56. The van der Waals surface area contributed by atoms with E-state index < -0.39 is 24.3 Å². The van der Waals surface area contributed by atoms with Gasteiger partial charge in [0.1, 0.15) is 5.82 Å². The first-order valence-corrected chi connectivity index (χ1v) is 7.39. The summed E-state index contributed by atoms with van der Waals surface area (Å²) in [6.45, 7) is 1.35. The van der Waals surface area contributed by atoms with E-state index in [-0.39, 0.29) is 9.90 Å². The summed E-state index contributed by atoms with van der Waals surface area (Å²) in [7, 11) is 0. The highest BCUT2D eigenvalue weighted by Gasteiger charge is 2.17. The molecule has 1 heterocycles. The van der Waals surface area contributed by atoms with Gasteiger partial charge in [0.15, 0.2) is 11.5 Å². The Kier molecular flexibility index (Phi) is 5.40. The van der Waals surface area contributed by atoms with Crippen molar-refractivity contribution in [2.45, 2.75) is 13.3 Å². The lowest BCUT2D eigenvalue weighted by atomic mass is 10.3. The number of carbonyl (C=O) groups excluding carboxylic acids is 2. The molecule has 116 valence electrons.